The van der Waals surface area contributed by atoms with E-state index in [0.717, 1.165) is 0 Å². The predicted octanol–water partition coefficient (Wildman–Crippen LogP) is 0.361. The number of phenols is 1. The Morgan fingerprint density at radius 2 is 1.60 bits per heavy atom. The molecular weight excluding hydrogens is 464 g/mol. The molecule has 0 radical (unpaired) electrons. The molecule has 1 heterocycles. The zero-order chi connectivity index (χ0) is 25.5. The van der Waals surface area contributed by atoms with Crippen molar-refractivity contribution < 1.29 is 54.0 Å². The van der Waals surface area contributed by atoms with Crippen LogP contribution in [0.5, 0.6) is 23.0 Å². The van der Waals surface area contributed by atoms with Crippen LogP contribution >= 0.6 is 0 Å². The van der Waals surface area contributed by atoms with E-state index in [1.807, 2.05) is 0 Å². The van der Waals surface area contributed by atoms with E-state index in [-0.39, 0.29) is 11.5 Å². The molecule has 3 rings (SSSR count). The van der Waals surface area contributed by atoms with Crippen LogP contribution in [0.15, 0.2) is 42.5 Å². The van der Waals surface area contributed by atoms with Gasteiger partial charge in [0.1, 0.15) is 30.5 Å². The van der Waals surface area contributed by atoms with Crippen molar-refractivity contribution in [3.05, 3.63) is 48.0 Å². The molecule has 2 aromatic rings. The summed E-state index contributed by atoms with van der Waals surface area (Å²) in [5.41, 5.74) is 0.411. The van der Waals surface area contributed by atoms with Crippen molar-refractivity contribution in [2.45, 2.75) is 42.9 Å². The molecule has 0 aliphatic carbocycles. The molecule has 1 fully saturated rings. The van der Waals surface area contributed by atoms with E-state index in [1.165, 1.54) is 39.5 Å². The standard InChI is InChI=1S/C24H32O11/c1-30-15-6-4-5-7-16(15)33-19(12-26)22(13-8-9-14(27)17(10-13)31-2)35-23-20(28)18(11-25)34-24(32-3)21(23)29/h4-10,18-29H,11-12H2,1-3H3/t18-,19?,20+,21-,22?,23+,24+/m1/s1. The number of aliphatic hydroxyl groups excluding tert-OH is 4. The van der Waals surface area contributed by atoms with E-state index in [9.17, 15) is 25.5 Å². The van der Waals surface area contributed by atoms with Crippen molar-refractivity contribution in [1.29, 1.82) is 0 Å². The van der Waals surface area contributed by atoms with Gasteiger partial charge in [-0.15, -0.1) is 0 Å². The van der Waals surface area contributed by atoms with Gasteiger partial charge >= 0.3 is 0 Å². The van der Waals surface area contributed by atoms with Crippen LogP contribution in [0.2, 0.25) is 0 Å². The van der Waals surface area contributed by atoms with E-state index in [2.05, 4.69) is 0 Å². The summed E-state index contributed by atoms with van der Waals surface area (Å²) >= 11 is 0. The van der Waals surface area contributed by atoms with Crippen molar-refractivity contribution in [3.8, 4) is 23.0 Å². The van der Waals surface area contributed by atoms with E-state index < -0.39 is 56.1 Å². The average Bonchev–Trinajstić information content (AvgIpc) is 2.88. The van der Waals surface area contributed by atoms with Gasteiger partial charge in [-0.1, -0.05) is 18.2 Å². The molecule has 1 aliphatic rings. The quantitative estimate of drug-likeness (QED) is 0.293. The summed E-state index contributed by atoms with van der Waals surface area (Å²) in [4.78, 5) is 0. The van der Waals surface area contributed by atoms with Crippen LogP contribution in [0.3, 0.4) is 0 Å². The first kappa shape index (κ1) is 27.0. The van der Waals surface area contributed by atoms with Crippen molar-refractivity contribution >= 4 is 0 Å². The number of para-hydroxylation sites is 2. The average molecular weight is 497 g/mol. The fourth-order valence-electron chi connectivity index (χ4n) is 3.90. The lowest BCUT2D eigenvalue weighted by Crippen LogP contribution is -2.60. The van der Waals surface area contributed by atoms with Crippen molar-refractivity contribution in [2.75, 3.05) is 34.5 Å². The lowest BCUT2D eigenvalue weighted by Gasteiger charge is -2.43. The Morgan fingerprint density at radius 1 is 0.914 bits per heavy atom. The molecular formula is C24H32O11. The largest absolute Gasteiger partial charge is 0.504 e. The third-order valence-corrected chi connectivity index (χ3v) is 5.76. The van der Waals surface area contributed by atoms with Gasteiger partial charge < -0.3 is 54.0 Å². The van der Waals surface area contributed by atoms with Gasteiger partial charge in [0.15, 0.2) is 35.4 Å². The van der Waals surface area contributed by atoms with Gasteiger partial charge in [-0.2, -0.15) is 0 Å². The molecule has 35 heavy (non-hydrogen) atoms. The SMILES string of the molecule is COc1cc(C(O[C@H]2[C@@H](O)[C@@H](CO)O[C@H](OC)[C@@H]2O)C(CO)Oc2ccccc2OC)ccc1O. The summed E-state index contributed by atoms with van der Waals surface area (Å²) in [6.07, 6.45) is -8.60. The number of rotatable bonds is 11. The van der Waals surface area contributed by atoms with Crippen LogP contribution < -0.4 is 14.2 Å². The van der Waals surface area contributed by atoms with Crippen LogP contribution in [0.1, 0.15) is 11.7 Å². The molecule has 7 atom stereocenters. The number of aromatic hydroxyl groups is 1. The van der Waals surface area contributed by atoms with E-state index >= 15 is 0 Å². The maximum absolute atomic E-state index is 10.8. The fourth-order valence-corrected chi connectivity index (χ4v) is 3.90. The van der Waals surface area contributed by atoms with Crippen LogP contribution in [0.25, 0.3) is 0 Å². The van der Waals surface area contributed by atoms with Gasteiger partial charge in [0, 0.05) is 7.11 Å². The van der Waals surface area contributed by atoms with Gasteiger partial charge in [0.2, 0.25) is 0 Å². The third-order valence-electron chi connectivity index (χ3n) is 5.76. The monoisotopic (exact) mass is 496 g/mol. The number of aliphatic hydroxyl groups is 4. The lowest BCUT2D eigenvalue weighted by atomic mass is 9.97. The Labute approximate surface area is 203 Å². The fraction of sp³-hybridized carbons (Fsp3) is 0.500. The van der Waals surface area contributed by atoms with Gasteiger partial charge in [0.25, 0.3) is 0 Å². The number of hydrogen-bond donors (Lipinski definition) is 5. The Morgan fingerprint density at radius 3 is 2.20 bits per heavy atom. The number of hydrogen-bond acceptors (Lipinski definition) is 11. The second kappa shape index (κ2) is 12.4. The van der Waals surface area contributed by atoms with E-state index in [1.54, 1.807) is 24.3 Å². The Hall–Kier alpha value is -2.64. The second-order valence-corrected chi connectivity index (χ2v) is 7.88. The normalized spacial score (nSPS) is 26.1. The molecule has 11 nitrogen and oxygen atoms in total. The minimum atomic E-state index is -1.44. The molecule has 1 aliphatic heterocycles. The van der Waals surface area contributed by atoms with Crippen molar-refractivity contribution in [3.63, 3.8) is 0 Å². The van der Waals surface area contributed by atoms with Crippen molar-refractivity contribution in [1.82, 2.24) is 0 Å². The molecule has 0 aromatic heterocycles. The van der Waals surface area contributed by atoms with Crippen LogP contribution in [-0.2, 0) is 14.2 Å². The van der Waals surface area contributed by atoms with Gasteiger partial charge in [0.05, 0.1) is 27.4 Å². The topological polar surface area (TPSA) is 157 Å². The molecule has 0 saturated carbocycles. The van der Waals surface area contributed by atoms with Crippen LogP contribution in [0, 0.1) is 0 Å². The lowest BCUT2D eigenvalue weighted by molar-refractivity contribution is -0.311. The number of methoxy groups -OCH3 is 3. The summed E-state index contributed by atoms with van der Waals surface area (Å²) < 4.78 is 33.3. The highest BCUT2D eigenvalue weighted by Crippen LogP contribution is 2.37. The molecule has 0 amide bonds. The Bertz CT molecular complexity index is 923. The summed E-state index contributed by atoms with van der Waals surface area (Å²) in [6, 6.07) is 11.2. The molecule has 11 heteroatoms. The number of phenolic OH excluding ortho intramolecular Hbond substituents is 1. The van der Waals surface area contributed by atoms with Crippen LogP contribution in [-0.4, -0.2) is 96.9 Å². The summed E-state index contributed by atoms with van der Waals surface area (Å²) in [5, 5.41) is 51.5. The van der Waals surface area contributed by atoms with Crippen LogP contribution in [0.4, 0.5) is 0 Å². The van der Waals surface area contributed by atoms with E-state index in [4.69, 9.17) is 28.4 Å². The Kier molecular flexibility index (Phi) is 9.52. The summed E-state index contributed by atoms with van der Waals surface area (Å²) in [6.45, 7) is -1.08. The van der Waals surface area contributed by atoms with Gasteiger partial charge in [-0.05, 0) is 29.8 Å². The highest BCUT2D eigenvalue weighted by molar-refractivity contribution is 5.43. The molecule has 0 bridgehead atoms. The molecule has 0 spiro atoms. The summed E-state index contributed by atoms with van der Waals surface area (Å²) in [5.74, 6) is 0.761. The predicted molar refractivity (Wildman–Crippen MR) is 122 cm³/mol. The van der Waals surface area contributed by atoms with Gasteiger partial charge in [-0.3, -0.25) is 0 Å². The van der Waals surface area contributed by atoms with Gasteiger partial charge in [-0.25, -0.2) is 0 Å². The molecule has 194 valence electrons. The smallest absolute Gasteiger partial charge is 0.186 e. The first-order valence-electron chi connectivity index (χ1n) is 11.0. The first-order valence-corrected chi connectivity index (χ1v) is 11.0. The molecule has 2 unspecified atom stereocenters. The molecule has 5 N–H and O–H groups in total. The zero-order valence-electron chi connectivity index (χ0n) is 19.7. The Balaban J connectivity index is 2.02. The molecule has 1 saturated heterocycles. The molecule has 2 aromatic carbocycles. The van der Waals surface area contributed by atoms with Crippen molar-refractivity contribution in [2.24, 2.45) is 0 Å². The first-order chi connectivity index (χ1) is 16.9. The second-order valence-electron chi connectivity index (χ2n) is 7.88. The maximum atomic E-state index is 10.8. The number of benzene rings is 2. The summed E-state index contributed by atoms with van der Waals surface area (Å²) in [7, 11) is 4.16. The number of ether oxygens (including phenoxy) is 6. The minimum Gasteiger partial charge on any atom is -0.504 e. The maximum Gasteiger partial charge on any atom is 0.186 e. The zero-order valence-corrected chi connectivity index (χ0v) is 19.7. The van der Waals surface area contributed by atoms with E-state index in [0.29, 0.717) is 17.1 Å². The third kappa shape index (κ3) is 5.96. The highest BCUT2D eigenvalue weighted by atomic mass is 16.7. The minimum absolute atomic E-state index is 0.118. The highest BCUT2D eigenvalue weighted by Gasteiger charge is 2.47.